The Morgan fingerprint density at radius 1 is 0.533 bits per heavy atom. The molecule has 6 nitrogen and oxygen atoms in total. The van der Waals surface area contributed by atoms with E-state index in [-0.39, 0.29) is 35.3 Å². The number of benzene rings is 2. The average molecular weight is 794 g/mol. The number of hydrogen-bond donors (Lipinski definition) is 0. The van der Waals surface area contributed by atoms with Crippen molar-refractivity contribution < 1.29 is 19.2 Å². The third-order valence-corrected chi connectivity index (χ3v) is 11.4. The number of halogens is 6. The number of carbonyl (C=O) groups excluding carboxylic acids is 4. The topological polar surface area (TPSA) is 74.8 Å². The predicted octanol–water partition coefficient (Wildman–Crippen LogP) is 6.15. The molecule has 0 spiro atoms. The van der Waals surface area contributed by atoms with E-state index < -0.39 is 23.6 Å². The summed E-state index contributed by atoms with van der Waals surface area (Å²) in [6, 6.07) is 3.14. The summed E-state index contributed by atoms with van der Waals surface area (Å²) in [5.74, 6) is -1.93. The lowest BCUT2D eigenvalue weighted by molar-refractivity contribution is 0.0560. The van der Waals surface area contributed by atoms with Crippen LogP contribution in [0.4, 0.5) is 0 Å². The fourth-order valence-electron chi connectivity index (χ4n) is 3.30. The van der Waals surface area contributed by atoms with Crippen molar-refractivity contribution in [3.8, 4) is 0 Å². The molecule has 0 saturated carbocycles. The minimum absolute atomic E-state index is 0.112. The molecule has 2 aliphatic rings. The third kappa shape index (κ3) is 3.33. The fraction of sp³-hybridized carbons (Fsp3) is 0.111. The molecular weight excluding hydrogens is 788 g/mol. The number of carbonyl (C=O) groups is 4. The second kappa shape index (κ2) is 8.18. The maximum absolute atomic E-state index is 12.9. The molecule has 2 aliphatic heterocycles. The van der Waals surface area contributed by atoms with Crippen LogP contribution in [0.3, 0.4) is 0 Å². The van der Waals surface area contributed by atoms with Crippen LogP contribution in [0.2, 0.25) is 0 Å². The Bertz CT molecular complexity index is 1120. The van der Waals surface area contributed by atoms with Gasteiger partial charge in [-0.1, -0.05) is 0 Å². The number of nitrogens with zero attached hydrogens (tertiary/aromatic N) is 2. The van der Waals surface area contributed by atoms with Gasteiger partial charge in [-0.2, -0.15) is 0 Å². The Kier molecular flexibility index (Phi) is 6.21. The van der Waals surface area contributed by atoms with E-state index in [0.29, 0.717) is 26.8 Å². The van der Waals surface area contributed by atoms with Crippen molar-refractivity contribution in [2.45, 2.75) is 0 Å². The molecule has 0 fully saturated rings. The van der Waals surface area contributed by atoms with Gasteiger partial charge >= 0.3 is 0 Å². The molecule has 154 valence electrons. The highest BCUT2D eigenvalue weighted by atomic mass is 79.9. The lowest BCUT2D eigenvalue weighted by atomic mass is 10.1. The summed E-state index contributed by atoms with van der Waals surface area (Å²) in [4.78, 5) is 53.4. The fourth-order valence-corrected chi connectivity index (χ4v) is 6.50. The zero-order chi connectivity index (χ0) is 22.1. The number of imide groups is 2. The van der Waals surface area contributed by atoms with Gasteiger partial charge in [0.1, 0.15) is 0 Å². The first-order valence-electron chi connectivity index (χ1n) is 8.13. The molecule has 4 amide bonds. The molecule has 4 rings (SSSR count). The van der Waals surface area contributed by atoms with Gasteiger partial charge in [-0.05, 0) is 108 Å². The van der Waals surface area contributed by atoms with E-state index in [4.69, 9.17) is 0 Å². The second-order valence-corrected chi connectivity index (χ2v) is 11.2. The van der Waals surface area contributed by atoms with Crippen molar-refractivity contribution in [3.05, 3.63) is 61.2 Å². The Morgan fingerprint density at radius 3 is 1.20 bits per heavy atom. The first-order valence-corrected chi connectivity index (χ1v) is 12.9. The van der Waals surface area contributed by atoms with Crippen LogP contribution in [0, 0.1) is 0 Å². The van der Waals surface area contributed by atoms with Crippen LogP contribution in [0.15, 0.2) is 39.0 Å². The van der Waals surface area contributed by atoms with Crippen molar-refractivity contribution in [1.82, 2.24) is 9.80 Å². The van der Waals surface area contributed by atoms with Crippen LogP contribution in [0.25, 0.3) is 0 Å². The maximum Gasteiger partial charge on any atom is 0.262 e. The Morgan fingerprint density at radius 2 is 0.867 bits per heavy atom. The lowest BCUT2D eigenvalue weighted by Crippen LogP contribution is -2.40. The maximum atomic E-state index is 12.9. The van der Waals surface area contributed by atoms with Gasteiger partial charge < -0.3 is 0 Å². The average Bonchev–Trinajstić information content (AvgIpc) is 3.07. The SMILES string of the molecule is O=C1c2cc(Br)c(Br)c(Br)c2C(=O)N1CCN1C(=O)c2cc(Br)c(Br)c(Br)c2C1=O. The molecule has 0 aromatic heterocycles. The van der Waals surface area contributed by atoms with Crippen LogP contribution in [-0.2, 0) is 0 Å². The smallest absolute Gasteiger partial charge is 0.262 e. The van der Waals surface area contributed by atoms with Crippen molar-refractivity contribution in [2.75, 3.05) is 13.1 Å². The van der Waals surface area contributed by atoms with Crippen LogP contribution in [-0.4, -0.2) is 46.5 Å². The van der Waals surface area contributed by atoms with E-state index in [1.807, 2.05) is 0 Å². The number of amides is 4. The van der Waals surface area contributed by atoms with E-state index in [1.165, 1.54) is 0 Å². The third-order valence-electron chi connectivity index (χ3n) is 4.74. The van der Waals surface area contributed by atoms with Gasteiger partial charge in [-0.15, -0.1) is 0 Å². The van der Waals surface area contributed by atoms with Gasteiger partial charge in [0.05, 0.1) is 22.3 Å². The highest BCUT2D eigenvalue weighted by Crippen LogP contribution is 2.41. The van der Waals surface area contributed by atoms with Gasteiger partial charge in [-0.25, -0.2) is 0 Å². The summed E-state index contributed by atoms with van der Waals surface area (Å²) in [6.07, 6.45) is 0. The minimum Gasteiger partial charge on any atom is -0.272 e. The molecular formula is C18H6Br6N2O4. The van der Waals surface area contributed by atoms with E-state index >= 15 is 0 Å². The van der Waals surface area contributed by atoms with Crippen molar-refractivity contribution in [3.63, 3.8) is 0 Å². The standard InChI is InChI=1S/C18H6Br6N2O4/c19-7-3-5-9(13(23)11(7)21)17(29)25(15(5)27)1-2-26-16(28)6-4-8(20)12(22)14(24)10(6)18(26)30/h3-4H,1-2H2. The molecule has 12 heteroatoms. The van der Waals surface area contributed by atoms with Gasteiger partial charge in [0.15, 0.2) is 0 Å². The summed E-state index contributed by atoms with van der Waals surface area (Å²) in [5, 5.41) is 0. The van der Waals surface area contributed by atoms with Gasteiger partial charge in [0.2, 0.25) is 0 Å². The van der Waals surface area contributed by atoms with Crippen molar-refractivity contribution in [1.29, 1.82) is 0 Å². The Balaban J connectivity index is 1.60. The quantitative estimate of drug-likeness (QED) is 0.276. The molecule has 2 aromatic rings. The van der Waals surface area contributed by atoms with Crippen LogP contribution in [0.1, 0.15) is 41.4 Å². The number of rotatable bonds is 3. The zero-order valence-corrected chi connectivity index (χ0v) is 23.9. The molecule has 0 aliphatic carbocycles. The monoisotopic (exact) mass is 788 g/mol. The van der Waals surface area contributed by atoms with Gasteiger partial charge in [-0.3, -0.25) is 29.0 Å². The molecule has 0 unspecified atom stereocenters. The summed E-state index contributed by atoms with van der Waals surface area (Å²) in [6.45, 7) is -0.223. The largest absolute Gasteiger partial charge is 0.272 e. The summed E-state index contributed by atoms with van der Waals surface area (Å²) >= 11 is 20.1. The first-order chi connectivity index (χ1) is 14.1. The molecule has 0 radical (unpaired) electrons. The molecule has 0 saturated heterocycles. The highest BCUT2D eigenvalue weighted by molar-refractivity contribution is 9.15. The lowest BCUT2D eigenvalue weighted by Gasteiger charge is -2.19. The molecule has 2 aromatic carbocycles. The molecule has 0 atom stereocenters. The highest BCUT2D eigenvalue weighted by Gasteiger charge is 2.42. The predicted molar refractivity (Wildman–Crippen MR) is 130 cm³/mol. The summed E-state index contributed by atoms with van der Waals surface area (Å²) < 4.78 is 3.41. The molecule has 0 bridgehead atoms. The minimum atomic E-state index is -0.488. The van der Waals surface area contributed by atoms with E-state index in [0.717, 1.165) is 9.80 Å². The van der Waals surface area contributed by atoms with Crippen LogP contribution < -0.4 is 0 Å². The summed E-state index contributed by atoms with van der Waals surface area (Å²) in [7, 11) is 0. The number of fused-ring (bicyclic) bond motifs is 2. The Labute approximate surface area is 220 Å². The van der Waals surface area contributed by atoms with Gasteiger partial charge in [0.25, 0.3) is 23.6 Å². The van der Waals surface area contributed by atoms with E-state index in [2.05, 4.69) is 95.6 Å². The van der Waals surface area contributed by atoms with E-state index in [9.17, 15) is 19.2 Å². The number of hydrogen-bond acceptors (Lipinski definition) is 4. The Hall–Kier alpha value is -0.400. The van der Waals surface area contributed by atoms with Crippen LogP contribution in [0.5, 0.6) is 0 Å². The van der Waals surface area contributed by atoms with Crippen LogP contribution >= 0.6 is 95.6 Å². The van der Waals surface area contributed by atoms with Gasteiger partial charge in [0, 0.05) is 39.9 Å². The van der Waals surface area contributed by atoms with E-state index in [1.54, 1.807) is 12.1 Å². The first kappa shape index (κ1) is 22.8. The molecule has 2 heterocycles. The normalized spacial score (nSPS) is 15.4. The second-order valence-electron chi connectivity index (χ2n) is 6.34. The van der Waals surface area contributed by atoms with Crippen molar-refractivity contribution >= 4 is 119 Å². The molecule has 0 N–H and O–H groups in total. The van der Waals surface area contributed by atoms with Crippen molar-refractivity contribution in [2.24, 2.45) is 0 Å². The summed E-state index contributed by atoms with van der Waals surface area (Å²) in [5.41, 5.74) is 0.987. The zero-order valence-electron chi connectivity index (χ0n) is 14.4. The molecule has 30 heavy (non-hydrogen) atoms.